The van der Waals surface area contributed by atoms with E-state index in [0.29, 0.717) is 31.7 Å². The fourth-order valence-electron chi connectivity index (χ4n) is 1.86. The highest BCUT2D eigenvalue weighted by atomic mass is 16.5. The lowest BCUT2D eigenvalue weighted by atomic mass is 10.1. The number of nitrogens with zero attached hydrogens (tertiary/aromatic N) is 2. The smallest absolute Gasteiger partial charge is 0.295 e. The minimum atomic E-state index is -0.279. The number of hydrogen-bond acceptors (Lipinski definition) is 5. The molecule has 1 aromatic rings. The van der Waals surface area contributed by atoms with E-state index < -0.39 is 0 Å². The molecule has 16 heavy (non-hydrogen) atoms. The van der Waals surface area contributed by atoms with E-state index in [0.717, 1.165) is 0 Å². The number of anilines is 1. The number of piperidine rings is 1. The standard InChI is InChI=1S/C10H15N3O3/c1-16-8-9(11-6-12-10(8)15)13-4-2-7(14)3-5-13/h6-7,14H,2-5H2,1H3,(H,11,12,15). The Balaban J connectivity index is 2.26. The van der Waals surface area contributed by atoms with Gasteiger partial charge in [-0.05, 0) is 12.8 Å². The molecule has 0 radical (unpaired) electrons. The predicted octanol–water partition coefficient (Wildman–Crippen LogP) is -0.260. The van der Waals surface area contributed by atoms with Gasteiger partial charge < -0.3 is 19.7 Å². The first-order valence-electron chi connectivity index (χ1n) is 5.27. The van der Waals surface area contributed by atoms with Gasteiger partial charge in [-0.15, -0.1) is 0 Å². The predicted molar refractivity (Wildman–Crippen MR) is 58.9 cm³/mol. The number of hydrogen-bond donors (Lipinski definition) is 2. The van der Waals surface area contributed by atoms with Crippen molar-refractivity contribution in [1.29, 1.82) is 0 Å². The van der Waals surface area contributed by atoms with Crippen molar-refractivity contribution in [3.05, 3.63) is 16.7 Å². The van der Waals surface area contributed by atoms with E-state index in [-0.39, 0.29) is 17.4 Å². The van der Waals surface area contributed by atoms with E-state index in [2.05, 4.69) is 9.97 Å². The number of aromatic amines is 1. The highest BCUT2D eigenvalue weighted by Gasteiger charge is 2.22. The van der Waals surface area contributed by atoms with Gasteiger partial charge in [-0.25, -0.2) is 4.98 Å². The molecular weight excluding hydrogens is 210 g/mol. The third-order valence-corrected chi connectivity index (χ3v) is 2.76. The van der Waals surface area contributed by atoms with Gasteiger partial charge in [0.2, 0.25) is 5.75 Å². The number of aliphatic hydroxyl groups excluding tert-OH is 1. The Labute approximate surface area is 92.9 Å². The molecule has 0 amide bonds. The Bertz CT molecular complexity index is 410. The average molecular weight is 225 g/mol. The first-order valence-corrected chi connectivity index (χ1v) is 5.27. The van der Waals surface area contributed by atoms with Gasteiger partial charge in [0, 0.05) is 13.1 Å². The zero-order chi connectivity index (χ0) is 11.5. The van der Waals surface area contributed by atoms with Crippen LogP contribution in [-0.4, -0.2) is 41.4 Å². The molecule has 2 rings (SSSR count). The number of aromatic nitrogens is 2. The minimum absolute atomic E-state index is 0.235. The number of H-pyrrole nitrogens is 1. The number of rotatable bonds is 2. The molecule has 0 aromatic carbocycles. The number of nitrogens with one attached hydrogen (secondary N) is 1. The van der Waals surface area contributed by atoms with Crippen molar-refractivity contribution in [1.82, 2.24) is 9.97 Å². The van der Waals surface area contributed by atoms with Crippen molar-refractivity contribution in [3.63, 3.8) is 0 Å². The number of methoxy groups -OCH3 is 1. The molecule has 1 saturated heterocycles. The van der Waals surface area contributed by atoms with E-state index in [1.54, 1.807) is 0 Å². The Morgan fingerprint density at radius 1 is 1.56 bits per heavy atom. The summed E-state index contributed by atoms with van der Waals surface area (Å²) in [5.74, 6) is 0.789. The molecule has 0 aliphatic carbocycles. The largest absolute Gasteiger partial charge is 0.489 e. The van der Waals surface area contributed by atoms with E-state index in [4.69, 9.17) is 4.74 Å². The number of ether oxygens (including phenoxy) is 1. The first kappa shape index (κ1) is 10.9. The van der Waals surface area contributed by atoms with Crippen LogP contribution in [0.3, 0.4) is 0 Å². The molecule has 0 atom stereocenters. The van der Waals surface area contributed by atoms with Gasteiger partial charge in [0.05, 0.1) is 19.5 Å². The van der Waals surface area contributed by atoms with Crippen molar-refractivity contribution in [3.8, 4) is 5.75 Å². The van der Waals surface area contributed by atoms with Crippen LogP contribution in [-0.2, 0) is 0 Å². The molecule has 6 heteroatoms. The molecule has 1 fully saturated rings. The van der Waals surface area contributed by atoms with Gasteiger partial charge in [0.15, 0.2) is 5.82 Å². The Hall–Kier alpha value is -1.56. The molecule has 0 spiro atoms. The summed E-state index contributed by atoms with van der Waals surface area (Å²) < 4.78 is 5.05. The summed E-state index contributed by atoms with van der Waals surface area (Å²) in [5.41, 5.74) is -0.279. The normalized spacial score (nSPS) is 17.5. The third kappa shape index (κ3) is 2.01. The second-order valence-electron chi connectivity index (χ2n) is 3.81. The maximum Gasteiger partial charge on any atom is 0.295 e. The second kappa shape index (κ2) is 4.52. The lowest BCUT2D eigenvalue weighted by Gasteiger charge is -2.30. The highest BCUT2D eigenvalue weighted by molar-refractivity contribution is 5.50. The number of aliphatic hydroxyl groups is 1. The first-order chi connectivity index (χ1) is 7.72. The maximum atomic E-state index is 11.5. The second-order valence-corrected chi connectivity index (χ2v) is 3.81. The van der Waals surface area contributed by atoms with Crippen LogP contribution >= 0.6 is 0 Å². The molecule has 2 heterocycles. The monoisotopic (exact) mass is 225 g/mol. The topological polar surface area (TPSA) is 78.5 Å². The average Bonchev–Trinajstić information content (AvgIpc) is 2.30. The summed E-state index contributed by atoms with van der Waals surface area (Å²) >= 11 is 0. The van der Waals surface area contributed by atoms with Crippen LogP contribution < -0.4 is 15.2 Å². The van der Waals surface area contributed by atoms with Crippen LogP contribution in [0, 0.1) is 0 Å². The molecule has 2 N–H and O–H groups in total. The molecule has 0 saturated carbocycles. The fourth-order valence-corrected chi connectivity index (χ4v) is 1.86. The van der Waals surface area contributed by atoms with Crippen LogP contribution in [0.4, 0.5) is 5.82 Å². The lowest BCUT2D eigenvalue weighted by molar-refractivity contribution is 0.145. The Morgan fingerprint density at radius 3 is 2.88 bits per heavy atom. The Kier molecular flexibility index (Phi) is 3.09. The fraction of sp³-hybridized carbons (Fsp3) is 0.600. The minimum Gasteiger partial charge on any atom is -0.489 e. The van der Waals surface area contributed by atoms with Gasteiger partial charge >= 0.3 is 0 Å². The molecule has 0 bridgehead atoms. The quantitative estimate of drug-likeness (QED) is 0.725. The van der Waals surface area contributed by atoms with Crippen LogP contribution in [0.15, 0.2) is 11.1 Å². The molecule has 88 valence electrons. The van der Waals surface area contributed by atoms with Gasteiger partial charge in [0.1, 0.15) is 0 Å². The lowest BCUT2D eigenvalue weighted by Crippen LogP contribution is -2.37. The van der Waals surface area contributed by atoms with E-state index >= 15 is 0 Å². The van der Waals surface area contributed by atoms with Gasteiger partial charge in [-0.3, -0.25) is 4.79 Å². The Morgan fingerprint density at radius 2 is 2.25 bits per heavy atom. The maximum absolute atomic E-state index is 11.5. The van der Waals surface area contributed by atoms with Crippen LogP contribution in [0.25, 0.3) is 0 Å². The summed E-state index contributed by atoms with van der Waals surface area (Å²) in [6.45, 7) is 1.38. The zero-order valence-corrected chi connectivity index (χ0v) is 9.14. The molecular formula is C10H15N3O3. The molecule has 1 aliphatic rings. The summed E-state index contributed by atoms with van der Waals surface area (Å²) in [4.78, 5) is 20.0. The van der Waals surface area contributed by atoms with Gasteiger partial charge in [-0.1, -0.05) is 0 Å². The van der Waals surface area contributed by atoms with Crippen LogP contribution in [0.1, 0.15) is 12.8 Å². The SMILES string of the molecule is COc1c(N2CCC(O)CC2)nc[nH]c1=O. The molecule has 6 nitrogen and oxygen atoms in total. The summed E-state index contributed by atoms with van der Waals surface area (Å²) in [6.07, 6.45) is 2.50. The summed E-state index contributed by atoms with van der Waals surface area (Å²) in [6, 6.07) is 0. The summed E-state index contributed by atoms with van der Waals surface area (Å²) in [5, 5.41) is 9.41. The van der Waals surface area contributed by atoms with E-state index in [1.165, 1.54) is 13.4 Å². The van der Waals surface area contributed by atoms with Gasteiger partial charge in [0.25, 0.3) is 5.56 Å². The summed E-state index contributed by atoms with van der Waals surface area (Å²) in [7, 11) is 1.45. The van der Waals surface area contributed by atoms with Crippen LogP contribution in [0.2, 0.25) is 0 Å². The van der Waals surface area contributed by atoms with Crippen molar-refractivity contribution in [2.45, 2.75) is 18.9 Å². The molecule has 1 aliphatic heterocycles. The van der Waals surface area contributed by atoms with Crippen molar-refractivity contribution in [2.24, 2.45) is 0 Å². The van der Waals surface area contributed by atoms with Crippen molar-refractivity contribution >= 4 is 5.82 Å². The van der Waals surface area contributed by atoms with Crippen molar-refractivity contribution < 1.29 is 9.84 Å². The molecule has 1 aromatic heterocycles. The van der Waals surface area contributed by atoms with E-state index in [1.807, 2.05) is 4.90 Å². The van der Waals surface area contributed by atoms with Gasteiger partial charge in [-0.2, -0.15) is 0 Å². The third-order valence-electron chi connectivity index (χ3n) is 2.76. The van der Waals surface area contributed by atoms with Crippen LogP contribution in [0.5, 0.6) is 5.75 Å². The van der Waals surface area contributed by atoms with E-state index in [9.17, 15) is 9.90 Å². The van der Waals surface area contributed by atoms with Crippen molar-refractivity contribution in [2.75, 3.05) is 25.1 Å². The highest BCUT2D eigenvalue weighted by Crippen LogP contribution is 2.23. The molecule has 0 unspecified atom stereocenters. The zero-order valence-electron chi connectivity index (χ0n) is 9.14.